The molecular weight excluding hydrogens is 407 g/mol. The zero-order chi connectivity index (χ0) is 22.8. The van der Waals surface area contributed by atoms with E-state index in [2.05, 4.69) is 32.5 Å². The number of halogens is 1. The number of pyridine rings is 1. The molecule has 2 fully saturated rings. The maximum absolute atomic E-state index is 15.2. The van der Waals surface area contributed by atoms with E-state index in [1.54, 1.807) is 18.3 Å². The molecule has 1 aromatic heterocycles. The molecule has 5 unspecified atom stereocenters. The van der Waals surface area contributed by atoms with Crippen LogP contribution in [0, 0.1) is 35.9 Å². The van der Waals surface area contributed by atoms with Crippen molar-refractivity contribution >= 4 is 11.7 Å². The first-order valence-corrected chi connectivity index (χ1v) is 11.0. The van der Waals surface area contributed by atoms with E-state index in [0.29, 0.717) is 30.8 Å². The number of benzene rings is 1. The first-order chi connectivity index (χ1) is 15.4. The van der Waals surface area contributed by atoms with Crippen LogP contribution < -0.4 is 21.5 Å². The molecule has 1 saturated carbocycles. The molecule has 168 valence electrons. The number of anilines is 1. The summed E-state index contributed by atoms with van der Waals surface area (Å²) in [6.45, 7) is 3.99. The second-order valence-corrected chi connectivity index (χ2v) is 8.85. The number of hydrazine groups is 1. The van der Waals surface area contributed by atoms with Crippen molar-refractivity contribution in [3.8, 4) is 6.07 Å². The van der Waals surface area contributed by atoms with Crippen molar-refractivity contribution in [2.24, 2.45) is 11.8 Å². The summed E-state index contributed by atoms with van der Waals surface area (Å²) in [5.74, 6) is -0.117. The Kier molecular flexibility index (Phi) is 6.51. The molecule has 2 aliphatic rings. The van der Waals surface area contributed by atoms with Crippen LogP contribution >= 0.6 is 0 Å². The zero-order valence-corrected chi connectivity index (χ0v) is 18.6. The van der Waals surface area contributed by atoms with Gasteiger partial charge in [0.25, 0.3) is 0 Å². The molecule has 7 nitrogen and oxygen atoms in total. The molecule has 1 aliphatic carbocycles. The zero-order valence-electron chi connectivity index (χ0n) is 18.6. The summed E-state index contributed by atoms with van der Waals surface area (Å²) in [5.41, 5.74) is 10.2. The van der Waals surface area contributed by atoms with Gasteiger partial charge in [-0.3, -0.25) is 10.2 Å². The Hall–Kier alpha value is -2.86. The molecule has 1 saturated heterocycles. The Morgan fingerprint density at radius 2 is 2.12 bits per heavy atom. The summed E-state index contributed by atoms with van der Waals surface area (Å²) in [6.07, 6.45) is 3.12. The fourth-order valence-corrected chi connectivity index (χ4v) is 5.31. The van der Waals surface area contributed by atoms with E-state index < -0.39 is 0 Å². The van der Waals surface area contributed by atoms with Crippen molar-refractivity contribution < 1.29 is 9.18 Å². The van der Waals surface area contributed by atoms with Crippen LogP contribution in [-0.2, 0) is 11.3 Å². The summed E-state index contributed by atoms with van der Waals surface area (Å²) < 4.78 is 15.2. The Balaban J connectivity index is 1.61. The van der Waals surface area contributed by atoms with Crippen molar-refractivity contribution in [3.05, 3.63) is 58.5 Å². The second-order valence-electron chi connectivity index (χ2n) is 8.85. The monoisotopic (exact) mass is 436 g/mol. The molecule has 1 aliphatic heterocycles. The fraction of sp³-hybridized carbons (Fsp3) is 0.458. The number of nitriles is 1. The summed E-state index contributed by atoms with van der Waals surface area (Å²) >= 11 is 0. The van der Waals surface area contributed by atoms with Crippen LogP contribution in [0.15, 0.2) is 30.5 Å². The normalized spacial score (nSPS) is 26.9. The number of fused-ring (bicyclic) bond motifs is 1. The Labute approximate surface area is 187 Å². The summed E-state index contributed by atoms with van der Waals surface area (Å²) in [4.78, 5) is 15.6. The fourth-order valence-electron chi connectivity index (χ4n) is 5.31. The van der Waals surface area contributed by atoms with Gasteiger partial charge in [0.1, 0.15) is 11.6 Å². The van der Waals surface area contributed by atoms with Crippen LogP contribution in [0.5, 0.6) is 0 Å². The number of hydrogen-bond acceptors (Lipinski definition) is 6. The van der Waals surface area contributed by atoms with E-state index >= 15 is 4.39 Å². The molecule has 0 radical (unpaired) electrons. The van der Waals surface area contributed by atoms with Gasteiger partial charge < -0.3 is 10.6 Å². The lowest BCUT2D eigenvalue weighted by molar-refractivity contribution is -0.114. The highest BCUT2D eigenvalue weighted by atomic mass is 19.1. The molecular formula is C24H29FN6O. The van der Waals surface area contributed by atoms with Crippen molar-refractivity contribution in [1.82, 2.24) is 21.2 Å². The van der Waals surface area contributed by atoms with Crippen LogP contribution in [0.4, 0.5) is 10.2 Å². The maximum Gasteiger partial charge on any atom is 0.222 e. The van der Waals surface area contributed by atoms with E-state index in [1.165, 1.54) is 6.92 Å². The van der Waals surface area contributed by atoms with E-state index in [9.17, 15) is 10.1 Å². The topological polar surface area (TPSA) is 102 Å². The van der Waals surface area contributed by atoms with Crippen molar-refractivity contribution in [2.45, 2.75) is 51.2 Å². The number of carbonyl (C=O) groups is 1. The van der Waals surface area contributed by atoms with Gasteiger partial charge in [-0.25, -0.2) is 14.8 Å². The van der Waals surface area contributed by atoms with Gasteiger partial charge in [0.15, 0.2) is 0 Å². The predicted octanol–water partition coefficient (Wildman–Crippen LogP) is 3.06. The number of aromatic nitrogens is 1. The predicted molar refractivity (Wildman–Crippen MR) is 120 cm³/mol. The minimum atomic E-state index is -0.257. The Morgan fingerprint density at radius 3 is 2.75 bits per heavy atom. The highest BCUT2D eigenvalue weighted by molar-refractivity contribution is 5.87. The molecule has 0 bridgehead atoms. The van der Waals surface area contributed by atoms with Crippen molar-refractivity contribution in [1.29, 1.82) is 5.26 Å². The van der Waals surface area contributed by atoms with E-state index in [4.69, 9.17) is 0 Å². The molecule has 2 aromatic rings. The van der Waals surface area contributed by atoms with Gasteiger partial charge in [0, 0.05) is 31.6 Å². The number of hydrogen-bond donors (Lipinski definition) is 4. The molecule has 8 heteroatoms. The maximum atomic E-state index is 15.2. The summed E-state index contributed by atoms with van der Waals surface area (Å²) in [6, 6.07) is 9.90. The van der Waals surface area contributed by atoms with Crippen LogP contribution in [0.25, 0.3) is 0 Å². The van der Waals surface area contributed by atoms with Crippen molar-refractivity contribution in [3.63, 3.8) is 0 Å². The minimum absolute atomic E-state index is 0.00653. The number of carbonyl (C=O) groups excluding carboxylic acids is 1. The quantitative estimate of drug-likeness (QED) is 0.575. The molecule has 2 heterocycles. The molecule has 4 N–H and O–H groups in total. The van der Waals surface area contributed by atoms with Crippen molar-refractivity contribution in [2.75, 3.05) is 12.4 Å². The van der Waals surface area contributed by atoms with Crippen LogP contribution in [-0.4, -0.2) is 24.0 Å². The number of nitrogens with one attached hydrogen (secondary N) is 4. The Morgan fingerprint density at radius 1 is 1.31 bits per heavy atom. The smallest absolute Gasteiger partial charge is 0.222 e. The van der Waals surface area contributed by atoms with E-state index in [0.717, 1.165) is 16.7 Å². The summed E-state index contributed by atoms with van der Waals surface area (Å²) in [5, 5.41) is 15.6. The first-order valence-electron chi connectivity index (χ1n) is 11.0. The minimum Gasteiger partial charge on any atom is -0.316 e. The van der Waals surface area contributed by atoms with Crippen LogP contribution in [0.2, 0.25) is 0 Å². The lowest BCUT2D eigenvalue weighted by Crippen LogP contribution is -2.39. The first kappa shape index (κ1) is 22.3. The molecule has 1 aromatic carbocycles. The number of aryl methyl sites for hydroxylation is 1. The standard InChI is InChI=1S/C24H29FN6O/c1-13-6-15(11-27-3)7-20(25)23(13)18-9-19-21(8-17(18)10-26)30-31-24(19)16-4-5-22(28-12-16)29-14(2)32/h4-7,12,17-19,21,24,27,30-31H,8-9,11H2,1-3H3,(H,28,29,32). The van der Waals surface area contributed by atoms with Gasteiger partial charge in [-0.2, -0.15) is 5.26 Å². The lowest BCUT2D eigenvalue weighted by Gasteiger charge is -2.37. The molecule has 0 spiro atoms. The van der Waals surface area contributed by atoms with Crippen LogP contribution in [0.3, 0.4) is 0 Å². The second kappa shape index (κ2) is 9.33. The molecule has 5 atom stereocenters. The number of rotatable bonds is 5. The van der Waals surface area contributed by atoms with Gasteiger partial charge in [0.05, 0.1) is 18.0 Å². The average Bonchev–Trinajstić information content (AvgIpc) is 3.16. The summed E-state index contributed by atoms with van der Waals surface area (Å²) in [7, 11) is 1.84. The molecule has 4 rings (SSSR count). The molecule has 32 heavy (non-hydrogen) atoms. The third-order valence-electron chi connectivity index (χ3n) is 6.65. The Bertz CT molecular complexity index is 1010. The average molecular weight is 437 g/mol. The molecule has 1 amide bonds. The largest absolute Gasteiger partial charge is 0.316 e. The highest BCUT2D eigenvalue weighted by Crippen LogP contribution is 2.48. The number of amides is 1. The van der Waals surface area contributed by atoms with Gasteiger partial charge in [-0.05, 0) is 67.1 Å². The van der Waals surface area contributed by atoms with Crippen LogP contribution in [0.1, 0.15) is 54.0 Å². The van der Waals surface area contributed by atoms with Gasteiger partial charge in [-0.1, -0.05) is 12.1 Å². The van der Waals surface area contributed by atoms with Gasteiger partial charge in [-0.15, -0.1) is 0 Å². The SMILES string of the molecule is CNCc1cc(C)c(C2CC3C(CC2C#N)NNC3c2ccc(NC(C)=O)nc2)c(F)c1. The third kappa shape index (κ3) is 4.37. The van der Waals surface area contributed by atoms with Gasteiger partial charge >= 0.3 is 0 Å². The lowest BCUT2D eigenvalue weighted by atomic mass is 9.66. The number of nitrogens with zero attached hydrogens (tertiary/aromatic N) is 2. The highest BCUT2D eigenvalue weighted by Gasteiger charge is 2.46. The van der Waals surface area contributed by atoms with E-state index in [-0.39, 0.29) is 41.6 Å². The third-order valence-corrected chi connectivity index (χ3v) is 6.65. The van der Waals surface area contributed by atoms with Gasteiger partial charge in [0.2, 0.25) is 5.91 Å². The van der Waals surface area contributed by atoms with E-state index in [1.807, 2.05) is 26.1 Å².